The molecule has 0 fully saturated rings. The van der Waals surface area contributed by atoms with Crippen molar-refractivity contribution in [3.8, 4) is 34.2 Å². The van der Waals surface area contributed by atoms with E-state index in [0.29, 0.717) is 5.69 Å². The van der Waals surface area contributed by atoms with E-state index in [4.69, 9.17) is 9.97 Å². The number of aromatic nitrogens is 6. The number of benzene rings is 3. The van der Waals surface area contributed by atoms with Crippen molar-refractivity contribution in [2.75, 3.05) is 4.90 Å². The molecule has 7 aromatic rings. The van der Waals surface area contributed by atoms with Gasteiger partial charge in [0.15, 0.2) is 58.2 Å². The van der Waals surface area contributed by atoms with Crippen LogP contribution in [0.5, 0.6) is 0 Å². The average Bonchev–Trinajstić information content (AvgIpc) is 3.89. The Hall–Kier alpha value is -5.83. The summed E-state index contributed by atoms with van der Waals surface area (Å²) in [5, 5.41) is 8.05. The number of nitrogens with zero attached hydrogens (tertiary/aromatic N) is 7. The first-order chi connectivity index (χ1) is 27.7. The minimum absolute atomic E-state index is 0. The molecule has 7 rings (SSSR count). The zero-order chi connectivity index (χ0) is 42.9. The Labute approximate surface area is 350 Å². The van der Waals surface area contributed by atoms with Gasteiger partial charge in [0.05, 0.1) is 11.6 Å². The fraction of sp³-hybridized carbons (Fsp3) is 0.190. The fourth-order valence-electron chi connectivity index (χ4n) is 6.01. The Morgan fingerprint density at radius 2 is 0.817 bits per heavy atom. The van der Waals surface area contributed by atoms with Crippen LogP contribution in [0.15, 0.2) is 66.7 Å². The number of anilines is 3. The van der Waals surface area contributed by atoms with E-state index in [1.807, 2.05) is 53.7 Å². The topological polar surface area (TPSA) is 64.7 Å². The summed E-state index contributed by atoms with van der Waals surface area (Å²) in [4.78, 5) is 11.1. The maximum atomic E-state index is 14.7. The van der Waals surface area contributed by atoms with E-state index in [9.17, 15) is 43.9 Å². The zero-order valence-electron chi connectivity index (χ0n) is 32.1. The smallest absolute Gasteiger partial charge is 0.343 e. The third-order valence-electron chi connectivity index (χ3n) is 9.23. The number of hydrogen-bond donors (Lipinski definition) is 0. The van der Waals surface area contributed by atoms with Crippen LogP contribution in [0.3, 0.4) is 0 Å². The van der Waals surface area contributed by atoms with Gasteiger partial charge in [0.2, 0.25) is 0 Å². The van der Waals surface area contributed by atoms with E-state index in [1.54, 1.807) is 29.2 Å². The van der Waals surface area contributed by atoms with Gasteiger partial charge in [-0.3, -0.25) is 25.1 Å². The summed E-state index contributed by atoms with van der Waals surface area (Å²) in [6, 6.07) is 16.9. The normalized spacial score (nSPS) is 11.9. The van der Waals surface area contributed by atoms with Crippen molar-refractivity contribution in [3.63, 3.8) is 0 Å². The zero-order valence-corrected chi connectivity index (χ0v) is 34.3. The fourth-order valence-corrected chi connectivity index (χ4v) is 6.01. The van der Waals surface area contributed by atoms with Crippen LogP contribution in [0, 0.1) is 70.6 Å². The van der Waals surface area contributed by atoms with Gasteiger partial charge in [-0.1, -0.05) is 84.3 Å². The summed E-state index contributed by atoms with van der Waals surface area (Å²) in [5.41, 5.74) is -2.15. The molecule has 3 aromatic carbocycles. The molecule has 0 unspecified atom stereocenters. The molecule has 312 valence electrons. The Balaban J connectivity index is 0.00000604. The summed E-state index contributed by atoms with van der Waals surface area (Å²) >= 11 is 0. The molecule has 0 saturated heterocycles. The van der Waals surface area contributed by atoms with Crippen LogP contribution in [0.2, 0.25) is 0 Å². The van der Waals surface area contributed by atoms with Crippen molar-refractivity contribution in [3.05, 3.63) is 148 Å². The van der Waals surface area contributed by atoms with Gasteiger partial charge in [0.1, 0.15) is 11.6 Å². The predicted molar refractivity (Wildman–Crippen MR) is 196 cm³/mol. The molecular weight excluding hydrogens is 988 g/mol. The summed E-state index contributed by atoms with van der Waals surface area (Å²) in [6.45, 7) is 12.1. The van der Waals surface area contributed by atoms with Crippen LogP contribution in [0.25, 0.3) is 34.2 Å². The molecule has 0 aliphatic heterocycles. The van der Waals surface area contributed by atoms with Gasteiger partial charge in [0, 0.05) is 16.8 Å². The number of pyridine rings is 2. The second-order valence-corrected chi connectivity index (χ2v) is 15.3. The van der Waals surface area contributed by atoms with Gasteiger partial charge in [-0.2, -0.15) is 0 Å². The second kappa shape index (κ2) is 16.0. The molecule has 0 N–H and O–H groups in total. The standard InChI is InChI=1S/C42H29F10N7.Pt/c1-41(2,3)20-17-21(42(4,5)6)19-22(18-20)59(27-11-7-9-25(53-27)57-15-13-23(55-57)29-31(43)35(47)39(51)36(48)32(29)44)28-12-8-10-26(54-28)58-16-14-24(56-58)30-33(45)37(49)40(52)38(50)34(30)46;/h7-14,17-19H,1-6H3;/q-2;+2. The largest absolute Gasteiger partial charge is 2.00 e. The van der Waals surface area contributed by atoms with Gasteiger partial charge in [-0.15, -0.1) is 12.1 Å². The van der Waals surface area contributed by atoms with Crippen molar-refractivity contribution in [1.29, 1.82) is 0 Å². The molecule has 0 bridgehead atoms. The first-order valence-corrected chi connectivity index (χ1v) is 17.6. The predicted octanol–water partition coefficient (Wildman–Crippen LogP) is 11.2. The van der Waals surface area contributed by atoms with E-state index >= 15 is 0 Å². The molecule has 7 nitrogen and oxygen atoms in total. The van der Waals surface area contributed by atoms with E-state index in [2.05, 4.69) is 28.7 Å². The molecule has 0 radical (unpaired) electrons. The van der Waals surface area contributed by atoms with E-state index in [0.717, 1.165) is 32.6 Å². The Bertz CT molecular complexity index is 2550. The van der Waals surface area contributed by atoms with Crippen LogP contribution in [0.4, 0.5) is 61.2 Å². The van der Waals surface area contributed by atoms with Gasteiger partial charge < -0.3 is 9.36 Å². The van der Waals surface area contributed by atoms with Crippen LogP contribution in [0.1, 0.15) is 52.7 Å². The second-order valence-electron chi connectivity index (χ2n) is 15.3. The SMILES string of the molecule is CC(C)(C)c1cc(N(c2cccc(-n3[c-]cc(-c4c(F)c(F)c(F)c(F)c4F)n3)n2)c2cccc(-n3[c-]cc(-c4c(F)c(F)c(F)c(F)c4F)n3)n2)cc(C(C)(C)C)c1.[Pt+2]. The average molecular weight is 1020 g/mol. The maximum absolute atomic E-state index is 14.7. The molecule has 4 aromatic heterocycles. The van der Waals surface area contributed by atoms with Crippen molar-refractivity contribution in [2.24, 2.45) is 0 Å². The molecule has 0 aliphatic rings. The Kier molecular flexibility index (Phi) is 11.6. The molecule has 0 amide bonds. The molecule has 60 heavy (non-hydrogen) atoms. The van der Waals surface area contributed by atoms with Gasteiger partial charge >= 0.3 is 21.1 Å². The van der Waals surface area contributed by atoms with E-state index < -0.39 is 80.7 Å². The summed E-state index contributed by atoms with van der Waals surface area (Å²) < 4.78 is 145. The van der Waals surface area contributed by atoms with Gasteiger partial charge in [0.25, 0.3) is 0 Å². The molecule has 4 heterocycles. The first kappa shape index (κ1) is 43.7. The van der Waals surface area contributed by atoms with E-state index in [1.165, 1.54) is 12.1 Å². The molecule has 0 spiro atoms. The quantitative estimate of drug-likeness (QED) is 0.0689. The van der Waals surface area contributed by atoms with Crippen LogP contribution in [-0.2, 0) is 31.9 Å². The number of rotatable bonds is 7. The maximum Gasteiger partial charge on any atom is 2.00 e. The Morgan fingerprint density at radius 1 is 0.483 bits per heavy atom. The summed E-state index contributed by atoms with van der Waals surface area (Å²) in [6.07, 6.45) is 5.19. The van der Waals surface area contributed by atoms with Gasteiger partial charge in [-0.25, -0.2) is 43.9 Å². The minimum Gasteiger partial charge on any atom is -0.343 e. The van der Waals surface area contributed by atoms with Crippen molar-refractivity contribution < 1.29 is 65.0 Å². The summed E-state index contributed by atoms with van der Waals surface area (Å²) in [5.74, 6) is -21.2. The number of halogens is 10. The summed E-state index contributed by atoms with van der Waals surface area (Å²) in [7, 11) is 0. The Morgan fingerprint density at radius 3 is 1.15 bits per heavy atom. The van der Waals surface area contributed by atoms with Crippen molar-refractivity contribution in [1.82, 2.24) is 29.5 Å². The first-order valence-electron chi connectivity index (χ1n) is 17.6. The van der Waals surface area contributed by atoms with Crippen molar-refractivity contribution >= 4 is 17.3 Å². The molecule has 0 atom stereocenters. The van der Waals surface area contributed by atoms with Crippen LogP contribution >= 0.6 is 0 Å². The van der Waals surface area contributed by atoms with Crippen LogP contribution < -0.4 is 4.90 Å². The van der Waals surface area contributed by atoms with Gasteiger partial charge in [-0.05, 0) is 57.6 Å². The molecule has 0 saturated carbocycles. The van der Waals surface area contributed by atoms with Crippen molar-refractivity contribution in [2.45, 2.75) is 52.4 Å². The number of hydrogen-bond acceptors (Lipinski definition) is 5. The monoisotopic (exact) mass is 1020 g/mol. The third kappa shape index (κ3) is 7.82. The third-order valence-corrected chi connectivity index (χ3v) is 9.23. The minimum atomic E-state index is -2.32. The van der Waals surface area contributed by atoms with Crippen LogP contribution in [-0.4, -0.2) is 29.5 Å². The molecular formula is C42H29F10N7Pt. The molecule has 0 aliphatic carbocycles. The molecule has 18 heteroatoms. The van der Waals surface area contributed by atoms with E-state index in [-0.39, 0.29) is 55.2 Å².